The number of nitrogens with one attached hydrogen (secondary N) is 1. The lowest BCUT2D eigenvalue weighted by Crippen LogP contribution is -2.35. The standard InChI is InChI=1S/C16H25N3O.2ClH/c1-13(12-19-8-2-3-9-19)11-18-16(20)10-14-4-6-15(17)7-5-14;;/h4-7,13H,2-3,8-12,17H2,1H3,(H,18,20);2*1H. The molecule has 1 atom stereocenters. The first kappa shape index (κ1) is 21.0. The Morgan fingerprint density at radius 1 is 1.23 bits per heavy atom. The third-order valence-corrected chi connectivity index (χ3v) is 3.76. The molecule has 0 saturated carbocycles. The zero-order valence-electron chi connectivity index (χ0n) is 13.1. The molecule has 1 aromatic carbocycles. The number of nitrogens with two attached hydrogens (primary N) is 1. The molecule has 0 aromatic heterocycles. The van der Waals surface area contributed by atoms with E-state index in [-0.39, 0.29) is 30.7 Å². The minimum atomic E-state index is 0. The summed E-state index contributed by atoms with van der Waals surface area (Å²) in [4.78, 5) is 14.4. The number of benzene rings is 1. The Labute approximate surface area is 145 Å². The number of hydrogen-bond acceptors (Lipinski definition) is 3. The second-order valence-corrected chi connectivity index (χ2v) is 5.84. The molecule has 1 aromatic rings. The fourth-order valence-electron chi connectivity index (χ4n) is 2.64. The van der Waals surface area contributed by atoms with Gasteiger partial charge >= 0.3 is 0 Å². The molecule has 1 fully saturated rings. The van der Waals surface area contributed by atoms with E-state index < -0.39 is 0 Å². The molecule has 2 rings (SSSR count). The number of rotatable bonds is 6. The lowest BCUT2D eigenvalue weighted by Gasteiger charge is -2.20. The summed E-state index contributed by atoms with van der Waals surface area (Å²) in [5.74, 6) is 0.589. The molecule has 1 saturated heterocycles. The summed E-state index contributed by atoms with van der Waals surface area (Å²) in [6, 6.07) is 7.47. The fourth-order valence-corrected chi connectivity index (χ4v) is 2.64. The van der Waals surface area contributed by atoms with Crippen LogP contribution in [0.1, 0.15) is 25.3 Å². The highest BCUT2D eigenvalue weighted by Crippen LogP contribution is 2.10. The van der Waals surface area contributed by atoms with Gasteiger partial charge in [-0.25, -0.2) is 0 Å². The first-order chi connectivity index (χ1) is 9.63. The molecule has 1 unspecified atom stereocenters. The zero-order chi connectivity index (χ0) is 14.4. The second kappa shape index (κ2) is 10.7. The Kier molecular flexibility index (Phi) is 10.2. The van der Waals surface area contributed by atoms with E-state index in [0.717, 1.165) is 24.3 Å². The average molecular weight is 348 g/mol. The number of likely N-dealkylation sites (tertiary alicyclic amines) is 1. The smallest absolute Gasteiger partial charge is 0.224 e. The molecule has 0 bridgehead atoms. The van der Waals surface area contributed by atoms with Gasteiger partial charge in [-0.05, 0) is 49.5 Å². The van der Waals surface area contributed by atoms with Crippen molar-refractivity contribution >= 4 is 36.4 Å². The highest BCUT2D eigenvalue weighted by atomic mass is 35.5. The largest absolute Gasteiger partial charge is 0.399 e. The number of nitrogens with zero attached hydrogens (tertiary/aromatic N) is 1. The van der Waals surface area contributed by atoms with Crippen LogP contribution in [0.5, 0.6) is 0 Å². The minimum Gasteiger partial charge on any atom is -0.399 e. The summed E-state index contributed by atoms with van der Waals surface area (Å²) in [6.45, 7) is 6.46. The van der Waals surface area contributed by atoms with Crippen molar-refractivity contribution in [3.8, 4) is 0 Å². The maximum Gasteiger partial charge on any atom is 0.224 e. The molecule has 6 heteroatoms. The first-order valence-corrected chi connectivity index (χ1v) is 7.47. The predicted octanol–water partition coefficient (Wildman–Crippen LogP) is 2.50. The highest BCUT2D eigenvalue weighted by molar-refractivity contribution is 5.85. The van der Waals surface area contributed by atoms with Gasteiger partial charge in [-0.3, -0.25) is 4.79 Å². The number of halogens is 2. The molecular weight excluding hydrogens is 321 g/mol. The van der Waals surface area contributed by atoms with E-state index in [2.05, 4.69) is 17.1 Å². The maximum atomic E-state index is 11.9. The van der Waals surface area contributed by atoms with Gasteiger partial charge < -0.3 is 16.0 Å². The van der Waals surface area contributed by atoms with E-state index >= 15 is 0 Å². The van der Waals surface area contributed by atoms with Crippen LogP contribution in [0.3, 0.4) is 0 Å². The van der Waals surface area contributed by atoms with E-state index in [9.17, 15) is 4.79 Å². The van der Waals surface area contributed by atoms with Gasteiger partial charge in [-0.15, -0.1) is 24.8 Å². The normalized spacial score (nSPS) is 15.5. The molecule has 1 heterocycles. The SMILES string of the molecule is CC(CNC(=O)Cc1ccc(N)cc1)CN1CCCC1.Cl.Cl. The van der Waals surface area contributed by atoms with Gasteiger partial charge in [-0.2, -0.15) is 0 Å². The van der Waals surface area contributed by atoms with Crippen LogP contribution in [-0.4, -0.2) is 37.0 Å². The molecule has 4 nitrogen and oxygen atoms in total. The van der Waals surface area contributed by atoms with E-state index in [4.69, 9.17) is 5.73 Å². The van der Waals surface area contributed by atoms with Crippen molar-refractivity contribution in [1.29, 1.82) is 0 Å². The van der Waals surface area contributed by atoms with Gasteiger partial charge in [0.15, 0.2) is 0 Å². The first-order valence-electron chi connectivity index (χ1n) is 7.47. The molecule has 22 heavy (non-hydrogen) atoms. The van der Waals surface area contributed by atoms with Crippen molar-refractivity contribution in [2.24, 2.45) is 5.92 Å². The summed E-state index contributed by atoms with van der Waals surface area (Å²) in [5.41, 5.74) is 7.36. The van der Waals surface area contributed by atoms with E-state index in [1.807, 2.05) is 24.3 Å². The Bertz CT molecular complexity index is 434. The van der Waals surface area contributed by atoms with Crippen LogP contribution in [0.4, 0.5) is 5.69 Å². The zero-order valence-corrected chi connectivity index (χ0v) is 14.7. The van der Waals surface area contributed by atoms with Crippen molar-refractivity contribution in [2.75, 3.05) is 31.9 Å². The fraction of sp³-hybridized carbons (Fsp3) is 0.562. The lowest BCUT2D eigenvalue weighted by atomic mass is 10.1. The molecule has 1 amide bonds. The van der Waals surface area contributed by atoms with Gasteiger partial charge in [-0.1, -0.05) is 19.1 Å². The molecular formula is C16H27Cl2N3O. The van der Waals surface area contributed by atoms with Crippen LogP contribution >= 0.6 is 24.8 Å². The Hall–Kier alpha value is -0.970. The molecule has 3 N–H and O–H groups in total. The van der Waals surface area contributed by atoms with Crippen molar-refractivity contribution in [3.63, 3.8) is 0 Å². The van der Waals surface area contributed by atoms with Crippen LogP contribution < -0.4 is 11.1 Å². The quantitative estimate of drug-likeness (QED) is 0.777. The van der Waals surface area contributed by atoms with Gasteiger partial charge in [0.05, 0.1) is 6.42 Å². The summed E-state index contributed by atoms with van der Waals surface area (Å²) in [6.07, 6.45) is 3.06. The monoisotopic (exact) mass is 347 g/mol. The Balaban J connectivity index is 0.00000220. The number of amides is 1. The van der Waals surface area contributed by atoms with Gasteiger partial charge in [0.25, 0.3) is 0 Å². The summed E-state index contributed by atoms with van der Waals surface area (Å²) in [7, 11) is 0. The van der Waals surface area contributed by atoms with E-state index in [1.54, 1.807) is 0 Å². The van der Waals surface area contributed by atoms with Crippen LogP contribution in [0.2, 0.25) is 0 Å². The summed E-state index contributed by atoms with van der Waals surface area (Å²) in [5, 5.41) is 3.02. The molecule has 1 aliphatic heterocycles. The molecule has 0 spiro atoms. The molecule has 126 valence electrons. The van der Waals surface area contributed by atoms with Crippen LogP contribution in [0.15, 0.2) is 24.3 Å². The van der Waals surface area contributed by atoms with Crippen LogP contribution in [-0.2, 0) is 11.2 Å². The second-order valence-electron chi connectivity index (χ2n) is 5.84. The molecule has 1 aliphatic rings. The number of anilines is 1. The van der Waals surface area contributed by atoms with Crippen molar-refractivity contribution in [2.45, 2.75) is 26.2 Å². The highest BCUT2D eigenvalue weighted by Gasteiger charge is 2.15. The number of hydrogen-bond donors (Lipinski definition) is 2. The van der Waals surface area contributed by atoms with Crippen molar-refractivity contribution in [3.05, 3.63) is 29.8 Å². The third kappa shape index (κ3) is 7.34. The Morgan fingerprint density at radius 2 is 1.82 bits per heavy atom. The third-order valence-electron chi connectivity index (χ3n) is 3.76. The lowest BCUT2D eigenvalue weighted by molar-refractivity contribution is -0.120. The van der Waals surface area contributed by atoms with Gasteiger partial charge in [0.2, 0.25) is 5.91 Å². The van der Waals surface area contributed by atoms with E-state index in [1.165, 1.54) is 25.9 Å². The van der Waals surface area contributed by atoms with Crippen LogP contribution in [0, 0.1) is 5.92 Å². The molecule has 0 radical (unpaired) electrons. The minimum absolute atomic E-state index is 0. The topological polar surface area (TPSA) is 58.4 Å². The van der Waals surface area contributed by atoms with Gasteiger partial charge in [0.1, 0.15) is 0 Å². The number of nitrogen functional groups attached to an aromatic ring is 1. The van der Waals surface area contributed by atoms with Crippen LogP contribution in [0.25, 0.3) is 0 Å². The number of carbonyl (C=O) groups excluding carboxylic acids is 1. The Morgan fingerprint density at radius 3 is 2.41 bits per heavy atom. The van der Waals surface area contributed by atoms with Gasteiger partial charge in [0, 0.05) is 18.8 Å². The number of carbonyl (C=O) groups is 1. The maximum absolute atomic E-state index is 11.9. The predicted molar refractivity (Wildman–Crippen MR) is 96.9 cm³/mol. The van der Waals surface area contributed by atoms with Crippen molar-refractivity contribution in [1.82, 2.24) is 10.2 Å². The average Bonchev–Trinajstić information content (AvgIpc) is 2.92. The summed E-state index contributed by atoms with van der Waals surface area (Å²) < 4.78 is 0. The molecule has 0 aliphatic carbocycles. The van der Waals surface area contributed by atoms with E-state index in [0.29, 0.717) is 12.3 Å². The summed E-state index contributed by atoms with van der Waals surface area (Å²) >= 11 is 0. The van der Waals surface area contributed by atoms with Crippen molar-refractivity contribution < 1.29 is 4.79 Å².